The van der Waals surface area contributed by atoms with E-state index >= 15 is 4.39 Å². The van der Waals surface area contributed by atoms with Gasteiger partial charge in [-0.15, -0.1) is 0 Å². The first-order valence-electron chi connectivity index (χ1n) is 16.4. The fourth-order valence-electron chi connectivity index (χ4n) is 6.09. The SMILES string of the molecule is CCN(C(=O)OC(C)(C)C)[C@H]1CCCC[C@@H]1Oc1cc(F)c(S(=O)(=O)N(Cc2ccc(OC)cc2OC)c2ccncn2)cc1C1CC1. The zero-order valence-electron chi connectivity index (χ0n) is 28.4. The highest BCUT2D eigenvalue weighted by atomic mass is 32.2. The number of methoxy groups -OCH3 is 2. The zero-order chi connectivity index (χ0) is 34.6. The van der Waals surface area contributed by atoms with Crippen molar-refractivity contribution >= 4 is 21.9 Å². The number of likely N-dealkylation sites (N-methyl/N-ethyl adjacent to an activating group) is 1. The molecule has 1 aromatic heterocycles. The number of amides is 1. The van der Waals surface area contributed by atoms with Crippen LogP contribution in [-0.2, 0) is 21.3 Å². The smallest absolute Gasteiger partial charge is 0.410 e. The zero-order valence-corrected chi connectivity index (χ0v) is 29.3. The van der Waals surface area contributed by atoms with Crippen LogP contribution in [0.1, 0.15) is 83.3 Å². The van der Waals surface area contributed by atoms with Crippen LogP contribution in [0.2, 0.25) is 0 Å². The van der Waals surface area contributed by atoms with E-state index in [1.165, 1.54) is 44.9 Å². The van der Waals surface area contributed by atoms with Crippen molar-refractivity contribution in [3.63, 3.8) is 0 Å². The number of hydrogen-bond acceptors (Lipinski definition) is 9. The molecule has 0 bridgehead atoms. The molecule has 1 amide bonds. The van der Waals surface area contributed by atoms with E-state index < -0.39 is 38.5 Å². The molecule has 1 heterocycles. The molecule has 48 heavy (non-hydrogen) atoms. The molecule has 0 aliphatic heterocycles. The van der Waals surface area contributed by atoms with Crippen LogP contribution in [0, 0.1) is 5.82 Å². The van der Waals surface area contributed by atoms with E-state index in [0.717, 1.165) is 30.0 Å². The third-order valence-corrected chi connectivity index (χ3v) is 10.4. The normalized spacial score (nSPS) is 18.1. The van der Waals surface area contributed by atoms with Gasteiger partial charge in [-0.2, -0.15) is 0 Å². The lowest BCUT2D eigenvalue weighted by molar-refractivity contribution is -0.00918. The molecule has 13 heteroatoms. The molecule has 2 aromatic carbocycles. The highest BCUT2D eigenvalue weighted by Crippen LogP contribution is 2.47. The Kier molecular flexibility index (Phi) is 10.7. The summed E-state index contributed by atoms with van der Waals surface area (Å²) in [7, 11) is -1.50. The quantitative estimate of drug-likeness (QED) is 0.202. The predicted octanol–water partition coefficient (Wildman–Crippen LogP) is 6.85. The van der Waals surface area contributed by atoms with Crippen molar-refractivity contribution in [2.24, 2.45) is 0 Å². The van der Waals surface area contributed by atoms with Crippen LogP contribution in [0.5, 0.6) is 17.2 Å². The first-order valence-corrected chi connectivity index (χ1v) is 17.8. The summed E-state index contributed by atoms with van der Waals surface area (Å²) in [6, 6.07) is 8.81. The van der Waals surface area contributed by atoms with Gasteiger partial charge in [0.05, 0.1) is 26.8 Å². The fraction of sp³-hybridized carbons (Fsp3) is 0.514. The van der Waals surface area contributed by atoms with Crippen molar-refractivity contribution in [3.8, 4) is 17.2 Å². The Labute approximate surface area is 282 Å². The van der Waals surface area contributed by atoms with Gasteiger partial charge in [-0.3, -0.25) is 0 Å². The summed E-state index contributed by atoms with van der Waals surface area (Å²) in [4.78, 5) is 22.5. The van der Waals surface area contributed by atoms with Crippen molar-refractivity contribution in [1.29, 1.82) is 0 Å². The lowest BCUT2D eigenvalue weighted by Gasteiger charge is -2.40. The van der Waals surface area contributed by atoms with Crippen LogP contribution < -0.4 is 18.5 Å². The molecular weight excluding hydrogens is 639 g/mol. The molecule has 2 saturated carbocycles. The van der Waals surface area contributed by atoms with Gasteiger partial charge in [0.1, 0.15) is 51.8 Å². The second-order valence-electron chi connectivity index (χ2n) is 13.1. The Balaban J connectivity index is 1.51. The van der Waals surface area contributed by atoms with Crippen LogP contribution >= 0.6 is 0 Å². The number of carbonyl (C=O) groups excluding carboxylic acids is 1. The molecule has 2 aliphatic carbocycles. The van der Waals surface area contributed by atoms with Crippen LogP contribution in [0.15, 0.2) is 53.8 Å². The Morgan fingerprint density at radius 3 is 2.38 bits per heavy atom. The number of aromatic nitrogens is 2. The molecule has 3 aromatic rings. The van der Waals surface area contributed by atoms with Crippen LogP contribution in [-0.4, -0.2) is 67.9 Å². The molecule has 0 spiro atoms. The van der Waals surface area contributed by atoms with Gasteiger partial charge in [-0.25, -0.2) is 31.9 Å². The molecule has 260 valence electrons. The average molecular weight is 685 g/mol. The van der Waals surface area contributed by atoms with Gasteiger partial charge in [0.25, 0.3) is 10.0 Å². The van der Waals surface area contributed by atoms with Crippen molar-refractivity contribution in [2.75, 3.05) is 25.1 Å². The molecule has 0 N–H and O–H groups in total. The summed E-state index contributed by atoms with van der Waals surface area (Å²) in [6.07, 6.45) is 6.69. The Morgan fingerprint density at radius 2 is 1.75 bits per heavy atom. The molecule has 2 fully saturated rings. The minimum Gasteiger partial charge on any atom is -0.497 e. The first-order chi connectivity index (χ1) is 22.9. The Bertz CT molecular complexity index is 1700. The van der Waals surface area contributed by atoms with Gasteiger partial charge in [0.2, 0.25) is 0 Å². The summed E-state index contributed by atoms with van der Waals surface area (Å²) in [5.74, 6) is 0.400. The monoisotopic (exact) mass is 684 g/mol. The summed E-state index contributed by atoms with van der Waals surface area (Å²) < 4.78 is 69.2. The van der Waals surface area contributed by atoms with Gasteiger partial charge in [0.15, 0.2) is 0 Å². The second-order valence-corrected chi connectivity index (χ2v) is 15.0. The molecule has 0 saturated heterocycles. The van der Waals surface area contributed by atoms with Gasteiger partial charge in [-0.05, 0) is 89.5 Å². The molecule has 0 radical (unpaired) electrons. The van der Waals surface area contributed by atoms with Gasteiger partial charge < -0.3 is 23.8 Å². The van der Waals surface area contributed by atoms with E-state index in [1.54, 1.807) is 23.1 Å². The summed E-state index contributed by atoms with van der Waals surface area (Å²) in [5.41, 5.74) is 0.499. The van der Waals surface area contributed by atoms with Crippen molar-refractivity contribution in [2.45, 2.75) is 101 Å². The van der Waals surface area contributed by atoms with Crippen LogP contribution in [0.25, 0.3) is 0 Å². The average Bonchev–Trinajstić information content (AvgIpc) is 3.90. The molecule has 5 rings (SSSR count). The van der Waals surface area contributed by atoms with Crippen LogP contribution in [0.3, 0.4) is 0 Å². The number of benzene rings is 2. The molecule has 2 aliphatic rings. The lowest BCUT2D eigenvalue weighted by Crippen LogP contribution is -2.51. The number of halogens is 1. The third-order valence-electron chi connectivity index (χ3n) is 8.59. The van der Waals surface area contributed by atoms with E-state index in [4.69, 9.17) is 18.9 Å². The van der Waals surface area contributed by atoms with Crippen molar-refractivity contribution in [1.82, 2.24) is 14.9 Å². The van der Waals surface area contributed by atoms with E-state index in [-0.39, 0.29) is 24.3 Å². The lowest BCUT2D eigenvalue weighted by atomic mass is 9.91. The maximum atomic E-state index is 16.2. The largest absolute Gasteiger partial charge is 0.497 e. The third kappa shape index (κ3) is 7.94. The van der Waals surface area contributed by atoms with Gasteiger partial charge in [0, 0.05) is 36.5 Å². The van der Waals surface area contributed by atoms with Gasteiger partial charge >= 0.3 is 6.09 Å². The number of anilines is 1. The van der Waals surface area contributed by atoms with Crippen molar-refractivity contribution < 1.29 is 36.6 Å². The number of nitrogens with zero attached hydrogens (tertiary/aromatic N) is 4. The fourth-order valence-corrected chi connectivity index (χ4v) is 7.58. The topological polar surface area (TPSA) is 120 Å². The maximum Gasteiger partial charge on any atom is 0.410 e. The van der Waals surface area contributed by atoms with Crippen LogP contribution in [0.4, 0.5) is 15.0 Å². The molecule has 2 atom stereocenters. The highest BCUT2D eigenvalue weighted by Gasteiger charge is 2.39. The first kappa shape index (κ1) is 35.2. The maximum absolute atomic E-state index is 16.2. The minimum absolute atomic E-state index is 0.0268. The number of rotatable bonds is 12. The van der Waals surface area contributed by atoms with E-state index in [2.05, 4.69) is 9.97 Å². The molecule has 11 nitrogen and oxygen atoms in total. The number of sulfonamides is 1. The Hall–Kier alpha value is -4.13. The summed E-state index contributed by atoms with van der Waals surface area (Å²) in [6.45, 7) is 7.62. The predicted molar refractivity (Wildman–Crippen MR) is 179 cm³/mol. The Morgan fingerprint density at radius 1 is 1.00 bits per heavy atom. The van der Waals surface area contributed by atoms with E-state index in [9.17, 15) is 13.2 Å². The number of carbonyl (C=O) groups is 1. The minimum atomic E-state index is -4.50. The molecular formula is C35H45FN4O7S. The second kappa shape index (κ2) is 14.6. The standard InChI is InChI=1S/C35H45FN4O7S/c1-7-39(34(41)47-35(2,3)4)28-10-8-9-11-29(28)46-31-20-27(36)32(19-26(31)23-12-13-23)48(42,43)40(33-16-17-37-22-38-33)21-24-14-15-25(44-5)18-30(24)45-6/h14-20,22-23,28-29H,7-13,21H2,1-6H3/t28-,29-/m0/s1. The van der Waals surface area contributed by atoms with E-state index in [0.29, 0.717) is 47.8 Å². The van der Waals surface area contributed by atoms with Gasteiger partial charge in [-0.1, -0.05) is 6.42 Å². The van der Waals surface area contributed by atoms with E-state index in [1.807, 2.05) is 27.7 Å². The van der Waals surface area contributed by atoms with Crippen molar-refractivity contribution in [3.05, 3.63) is 65.9 Å². The summed E-state index contributed by atoms with van der Waals surface area (Å²) in [5, 5.41) is 0. The summed E-state index contributed by atoms with van der Waals surface area (Å²) >= 11 is 0. The highest BCUT2D eigenvalue weighted by molar-refractivity contribution is 7.92. The number of hydrogen-bond donors (Lipinski definition) is 0. The molecule has 0 unspecified atom stereocenters. The number of ether oxygens (including phenoxy) is 4.